The van der Waals surface area contributed by atoms with E-state index < -0.39 is 46.8 Å². The molecule has 0 N–H and O–H groups in total. The molecule has 0 unspecified atom stereocenters. The van der Waals surface area contributed by atoms with Crippen LogP contribution in [0.4, 0.5) is 5.69 Å². The first-order valence-corrected chi connectivity index (χ1v) is 10.9. The van der Waals surface area contributed by atoms with Gasteiger partial charge in [-0.15, -0.1) is 0 Å². The van der Waals surface area contributed by atoms with E-state index in [2.05, 4.69) is 0 Å². The Morgan fingerprint density at radius 3 is 1.97 bits per heavy atom. The molecule has 3 amide bonds. The van der Waals surface area contributed by atoms with Gasteiger partial charge in [-0.05, 0) is 49.2 Å². The number of nitrogens with zero attached hydrogens (tertiary/aromatic N) is 3. The lowest BCUT2D eigenvalue weighted by Crippen LogP contribution is -2.52. The summed E-state index contributed by atoms with van der Waals surface area (Å²) >= 11 is 5.88. The lowest BCUT2D eigenvalue weighted by Gasteiger charge is -2.30. The van der Waals surface area contributed by atoms with Crippen molar-refractivity contribution in [1.82, 2.24) is 10.0 Å². The van der Waals surface area contributed by atoms with Gasteiger partial charge in [0, 0.05) is 28.3 Å². The highest BCUT2D eigenvalue weighted by Crippen LogP contribution is 2.39. The van der Waals surface area contributed by atoms with E-state index in [-0.39, 0.29) is 16.8 Å². The van der Waals surface area contributed by atoms with E-state index in [1.165, 1.54) is 36.4 Å². The monoisotopic (exact) mass is 469 g/mol. The van der Waals surface area contributed by atoms with E-state index in [1.807, 2.05) is 0 Å². The number of benzene rings is 2. The van der Waals surface area contributed by atoms with Crippen molar-refractivity contribution < 1.29 is 24.1 Å². The molecule has 0 aromatic heterocycles. The van der Waals surface area contributed by atoms with Gasteiger partial charge in [0.1, 0.15) is 6.54 Å². The van der Waals surface area contributed by atoms with E-state index >= 15 is 0 Å². The molecule has 0 radical (unpaired) electrons. The van der Waals surface area contributed by atoms with Crippen molar-refractivity contribution in [2.45, 2.75) is 25.7 Å². The highest BCUT2D eigenvalue weighted by atomic mass is 35.5. The average molecular weight is 470 g/mol. The van der Waals surface area contributed by atoms with Gasteiger partial charge in [0.05, 0.1) is 16.8 Å². The van der Waals surface area contributed by atoms with Crippen LogP contribution in [0.5, 0.6) is 0 Å². The maximum Gasteiger partial charge on any atom is 0.273 e. The zero-order valence-corrected chi connectivity index (χ0v) is 18.2. The first kappa shape index (κ1) is 22.6. The van der Waals surface area contributed by atoms with E-state index in [9.17, 15) is 29.3 Å². The van der Waals surface area contributed by atoms with Crippen molar-refractivity contribution in [3.05, 3.63) is 74.8 Å². The summed E-state index contributed by atoms with van der Waals surface area (Å²) in [4.78, 5) is 62.9. The van der Waals surface area contributed by atoms with Crippen molar-refractivity contribution in [3.8, 4) is 0 Å². The molecule has 2 aromatic rings. The van der Waals surface area contributed by atoms with Crippen molar-refractivity contribution in [1.29, 1.82) is 0 Å². The number of hydrogen-bond donors (Lipinski definition) is 0. The van der Waals surface area contributed by atoms with Crippen LogP contribution in [0.1, 0.15) is 46.4 Å². The first-order chi connectivity index (χ1) is 15.8. The molecule has 9 nitrogen and oxygen atoms in total. The number of imide groups is 1. The molecular weight excluding hydrogens is 450 g/mol. The van der Waals surface area contributed by atoms with Crippen LogP contribution in [-0.2, 0) is 9.59 Å². The molecular formula is C23H20ClN3O6. The zero-order valence-electron chi connectivity index (χ0n) is 17.5. The molecule has 0 bridgehead atoms. The molecule has 10 heteroatoms. The fourth-order valence-corrected chi connectivity index (χ4v) is 4.48. The maximum absolute atomic E-state index is 13.4. The Bertz CT molecular complexity index is 1110. The fourth-order valence-electron chi connectivity index (χ4n) is 4.35. The van der Waals surface area contributed by atoms with Gasteiger partial charge >= 0.3 is 0 Å². The van der Waals surface area contributed by atoms with Crippen molar-refractivity contribution in [2.75, 3.05) is 6.54 Å². The SMILES string of the molecule is O=C(CN(C(=O)c1ccc([N+](=O)[O-])cc1)N1C(=O)[C@H]2CCCC[C@H]2C1=O)c1ccc(Cl)cc1. The number of amides is 3. The maximum atomic E-state index is 13.4. The van der Waals surface area contributed by atoms with Gasteiger partial charge in [-0.3, -0.25) is 29.3 Å². The molecule has 2 aliphatic rings. The number of carbonyl (C=O) groups is 4. The summed E-state index contributed by atoms with van der Waals surface area (Å²) in [5.41, 5.74) is 0.0621. The molecule has 1 heterocycles. The third-order valence-corrected chi connectivity index (χ3v) is 6.33. The number of Topliss-reactive ketones (excluding diaryl/α,β-unsaturated/α-hetero) is 1. The van der Waals surface area contributed by atoms with Crippen LogP contribution < -0.4 is 0 Å². The van der Waals surface area contributed by atoms with Crippen LogP contribution >= 0.6 is 11.6 Å². The van der Waals surface area contributed by atoms with E-state index in [1.54, 1.807) is 0 Å². The van der Waals surface area contributed by atoms with Crippen LogP contribution in [0.25, 0.3) is 0 Å². The molecule has 1 saturated carbocycles. The topological polar surface area (TPSA) is 118 Å². The van der Waals surface area contributed by atoms with Crippen LogP contribution in [0.15, 0.2) is 48.5 Å². The van der Waals surface area contributed by atoms with E-state index in [0.29, 0.717) is 17.9 Å². The summed E-state index contributed by atoms with van der Waals surface area (Å²) in [6, 6.07) is 10.8. The second kappa shape index (κ2) is 9.11. The second-order valence-corrected chi connectivity index (χ2v) is 8.52. The standard InChI is InChI=1S/C23H20ClN3O6/c24-16-9-5-14(6-10-16)20(28)13-25(21(29)15-7-11-17(12-8-15)27(32)33)26-22(30)18-3-1-2-4-19(18)23(26)31/h5-12,18-19H,1-4,13H2/t18-,19+. The quantitative estimate of drug-likeness (QED) is 0.276. The summed E-state index contributed by atoms with van der Waals surface area (Å²) in [6.45, 7) is -0.547. The van der Waals surface area contributed by atoms with Crippen molar-refractivity contribution in [3.63, 3.8) is 0 Å². The highest BCUT2D eigenvalue weighted by molar-refractivity contribution is 6.30. The largest absolute Gasteiger partial charge is 0.292 e. The van der Waals surface area contributed by atoms with Gasteiger partial charge in [-0.2, -0.15) is 5.01 Å². The van der Waals surface area contributed by atoms with Gasteiger partial charge in [0.15, 0.2) is 5.78 Å². The molecule has 1 aliphatic heterocycles. The third-order valence-electron chi connectivity index (χ3n) is 6.08. The van der Waals surface area contributed by atoms with Gasteiger partial charge in [0.2, 0.25) is 0 Å². The molecule has 1 aliphatic carbocycles. The van der Waals surface area contributed by atoms with Crippen LogP contribution in [0, 0.1) is 22.0 Å². The molecule has 0 spiro atoms. The summed E-state index contributed by atoms with van der Waals surface area (Å²) in [5.74, 6) is -3.27. The zero-order chi connectivity index (χ0) is 23.7. The number of carbonyl (C=O) groups excluding carboxylic acids is 4. The number of hydrogen-bond acceptors (Lipinski definition) is 6. The molecule has 33 heavy (non-hydrogen) atoms. The molecule has 2 aromatic carbocycles. The van der Waals surface area contributed by atoms with Crippen LogP contribution in [0.2, 0.25) is 5.02 Å². The molecule has 2 fully saturated rings. The smallest absolute Gasteiger partial charge is 0.273 e. The lowest BCUT2D eigenvalue weighted by atomic mass is 9.81. The normalized spacial score (nSPS) is 19.8. The minimum atomic E-state index is -0.771. The van der Waals surface area contributed by atoms with E-state index in [0.717, 1.165) is 35.0 Å². The summed E-state index contributed by atoms with van der Waals surface area (Å²) in [5, 5.41) is 13.0. The van der Waals surface area contributed by atoms with Gasteiger partial charge in [-0.25, -0.2) is 5.01 Å². The Labute approximate surface area is 194 Å². The van der Waals surface area contributed by atoms with E-state index in [4.69, 9.17) is 11.6 Å². The summed E-state index contributed by atoms with van der Waals surface area (Å²) < 4.78 is 0. The number of ketones is 1. The Hall–Kier alpha value is -3.59. The number of nitro groups is 1. The number of hydrazine groups is 1. The molecule has 2 atom stereocenters. The number of halogens is 1. The minimum Gasteiger partial charge on any atom is -0.292 e. The molecule has 1 saturated heterocycles. The van der Waals surface area contributed by atoms with Crippen molar-refractivity contribution in [2.24, 2.45) is 11.8 Å². The molecule has 170 valence electrons. The fraction of sp³-hybridized carbons (Fsp3) is 0.304. The number of nitro benzene ring substituents is 1. The average Bonchev–Trinajstić information content (AvgIpc) is 3.07. The highest BCUT2D eigenvalue weighted by Gasteiger charge is 2.51. The predicted octanol–water partition coefficient (Wildman–Crippen LogP) is 3.66. The van der Waals surface area contributed by atoms with Gasteiger partial charge in [-0.1, -0.05) is 24.4 Å². The number of rotatable bonds is 6. The minimum absolute atomic E-state index is 0.0139. The predicted molar refractivity (Wildman–Crippen MR) is 117 cm³/mol. The van der Waals surface area contributed by atoms with Crippen molar-refractivity contribution >= 4 is 40.8 Å². The Morgan fingerprint density at radius 2 is 1.45 bits per heavy atom. The summed E-state index contributed by atoms with van der Waals surface area (Å²) in [7, 11) is 0. The Kier molecular flexibility index (Phi) is 6.24. The number of non-ortho nitro benzene ring substituents is 1. The third kappa shape index (κ3) is 4.36. The van der Waals surface area contributed by atoms with Crippen LogP contribution in [-0.4, -0.2) is 45.0 Å². The molecule has 4 rings (SSSR count). The number of fused-ring (bicyclic) bond motifs is 1. The second-order valence-electron chi connectivity index (χ2n) is 8.08. The Morgan fingerprint density at radius 1 is 0.939 bits per heavy atom. The van der Waals surface area contributed by atoms with Gasteiger partial charge < -0.3 is 0 Å². The van der Waals surface area contributed by atoms with Gasteiger partial charge in [0.25, 0.3) is 23.4 Å². The Balaban J connectivity index is 1.68. The first-order valence-electron chi connectivity index (χ1n) is 10.5. The lowest BCUT2D eigenvalue weighted by molar-refractivity contribution is -0.384. The summed E-state index contributed by atoms with van der Waals surface area (Å²) in [6.07, 6.45) is 2.73. The van der Waals surface area contributed by atoms with Crippen LogP contribution in [0.3, 0.4) is 0 Å².